The Kier molecular flexibility index (Phi) is 3.31. The van der Waals surface area contributed by atoms with Gasteiger partial charge in [-0.15, -0.1) is 0 Å². The van der Waals surface area contributed by atoms with Crippen LogP contribution in [0.25, 0.3) is 16.8 Å². The molecule has 0 bridgehead atoms. The van der Waals surface area contributed by atoms with Gasteiger partial charge in [-0.1, -0.05) is 24.3 Å². The van der Waals surface area contributed by atoms with Crippen molar-refractivity contribution in [2.45, 2.75) is 6.92 Å². The van der Waals surface area contributed by atoms with Crippen LogP contribution in [-0.4, -0.2) is 22.5 Å². The van der Waals surface area contributed by atoms with Gasteiger partial charge in [0.1, 0.15) is 0 Å². The molecule has 0 aliphatic heterocycles. The Balaban J connectivity index is 2.16. The molecule has 5 heteroatoms. The first-order chi connectivity index (χ1) is 10.2. The van der Waals surface area contributed by atoms with Gasteiger partial charge < -0.3 is 15.0 Å². The van der Waals surface area contributed by atoms with Crippen molar-refractivity contribution in [1.29, 1.82) is 0 Å². The highest BCUT2D eigenvalue weighted by Gasteiger charge is 2.10. The molecule has 1 aromatic carbocycles. The zero-order valence-electron chi connectivity index (χ0n) is 11.9. The number of hydrogen-bond acceptors (Lipinski definition) is 2. The van der Waals surface area contributed by atoms with E-state index in [0.717, 1.165) is 16.8 Å². The summed E-state index contributed by atoms with van der Waals surface area (Å²) in [6.07, 6.45) is 5.60. The van der Waals surface area contributed by atoms with Crippen LogP contribution >= 0.6 is 0 Å². The Hall–Kier alpha value is -2.82. The molecule has 0 fully saturated rings. The maximum absolute atomic E-state index is 11.6. The van der Waals surface area contributed by atoms with E-state index in [1.54, 1.807) is 13.2 Å². The molecule has 0 aliphatic carbocycles. The van der Waals surface area contributed by atoms with Crippen LogP contribution in [0.3, 0.4) is 0 Å². The summed E-state index contributed by atoms with van der Waals surface area (Å²) in [6.45, 7) is 2.07. The van der Waals surface area contributed by atoms with E-state index in [-0.39, 0.29) is 6.03 Å². The Morgan fingerprint density at radius 3 is 2.86 bits per heavy atom. The zero-order chi connectivity index (χ0) is 14.8. The number of imidazole rings is 1. The molecule has 0 aliphatic rings. The third-order valence-corrected chi connectivity index (χ3v) is 3.42. The SMILES string of the molecule is CNC(=O)Nc1cc(-c2ccccc2C)cn2ccnc12. The molecule has 21 heavy (non-hydrogen) atoms. The summed E-state index contributed by atoms with van der Waals surface area (Å²) >= 11 is 0. The van der Waals surface area contributed by atoms with Gasteiger partial charge in [-0.25, -0.2) is 9.78 Å². The van der Waals surface area contributed by atoms with E-state index >= 15 is 0 Å². The van der Waals surface area contributed by atoms with Crippen molar-refractivity contribution < 1.29 is 4.79 Å². The van der Waals surface area contributed by atoms with Gasteiger partial charge in [0.15, 0.2) is 5.65 Å². The summed E-state index contributed by atoms with van der Waals surface area (Å²) in [4.78, 5) is 15.9. The Morgan fingerprint density at radius 1 is 1.29 bits per heavy atom. The van der Waals surface area contributed by atoms with Crippen molar-refractivity contribution in [3.05, 3.63) is 54.5 Å². The highest BCUT2D eigenvalue weighted by atomic mass is 16.2. The monoisotopic (exact) mass is 280 g/mol. The van der Waals surface area contributed by atoms with Crippen molar-refractivity contribution in [1.82, 2.24) is 14.7 Å². The van der Waals surface area contributed by atoms with Crippen molar-refractivity contribution in [3.63, 3.8) is 0 Å². The summed E-state index contributed by atoms with van der Waals surface area (Å²) in [5.74, 6) is 0. The minimum Gasteiger partial charge on any atom is -0.341 e. The van der Waals surface area contributed by atoms with Gasteiger partial charge in [-0.3, -0.25) is 0 Å². The topological polar surface area (TPSA) is 58.4 Å². The van der Waals surface area contributed by atoms with Gasteiger partial charge in [-0.2, -0.15) is 0 Å². The van der Waals surface area contributed by atoms with Crippen LogP contribution in [0.4, 0.5) is 10.5 Å². The van der Waals surface area contributed by atoms with Crippen LogP contribution in [0.15, 0.2) is 48.9 Å². The number of fused-ring (bicyclic) bond motifs is 1. The van der Waals surface area contributed by atoms with Crippen molar-refractivity contribution in [3.8, 4) is 11.1 Å². The lowest BCUT2D eigenvalue weighted by Crippen LogP contribution is -2.24. The summed E-state index contributed by atoms with van der Waals surface area (Å²) in [6, 6.07) is 9.84. The molecule has 0 saturated heterocycles. The molecule has 0 radical (unpaired) electrons. The van der Waals surface area contributed by atoms with Crippen LogP contribution in [0.1, 0.15) is 5.56 Å². The molecule has 2 N–H and O–H groups in total. The van der Waals surface area contributed by atoms with Crippen molar-refractivity contribution in [2.75, 3.05) is 12.4 Å². The summed E-state index contributed by atoms with van der Waals surface area (Å²) in [7, 11) is 1.59. The summed E-state index contributed by atoms with van der Waals surface area (Å²) in [5.41, 5.74) is 4.75. The molecule has 3 rings (SSSR count). The number of aromatic nitrogens is 2. The molecule has 5 nitrogen and oxygen atoms in total. The number of rotatable bonds is 2. The predicted molar refractivity (Wildman–Crippen MR) is 83.4 cm³/mol. The van der Waals surface area contributed by atoms with E-state index in [2.05, 4.69) is 34.7 Å². The first-order valence-electron chi connectivity index (χ1n) is 6.70. The largest absolute Gasteiger partial charge is 0.341 e. The number of benzene rings is 1. The van der Waals surface area contributed by atoms with Crippen molar-refractivity contribution in [2.24, 2.45) is 0 Å². The van der Waals surface area contributed by atoms with Crippen LogP contribution in [0.2, 0.25) is 0 Å². The van der Waals surface area contributed by atoms with Gasteiger partial charge in [-0.05, 0) is 24.1 Å². The lowest BCUT2D eigenvalue weighted by Gasteiger charge is -2.11. The second kappa shape index (κ2) is 5.28. The number of urea groups is 1. The first-order valence-corrected chi connectivity index (χ1v) is 6.70. The molecular weight excluding hydrogens is 264 g/mol. The average Bonchev–Trinajstić information content (AvgIpc) is 2.96. The highest BCUT2D eigenvalue weighted by Crippen LogP contribution is 2.27. The third kappa shape index (κ3) is 2.45. The Labute approximate surface area is 122 Å². The fourth-order valence-corrected chi connectivity index (χ4v) is 2.35. The highest BCUT2D eigenvalue weighted by molar-refractivity contribution is 5.94. The molecule has 106 valence electrons. The molecule has 0 atom stereocenters. The van der Waals surface area contributed by atoms with E-state index in [9.17, 15) is 4.79 Å². The molecule has 0 saturated carbocycles. The molecule has 0 unspecified atom stereocenters. The summed E-state index contributed by atoms with van der Waals surface area (Å²) < 4.78 is 1.91. The first kappa shape index (κ1) is 13.2. The standard InChI is InChI=1S/C16H16N4O/c1-11-5-3-4-6-13(11)12-9-14(19-16(21)17-2)15-18-7-8-20(15)10-12/h3-10H,1-2H3,(H2,17,19,21). The van der Waals surface area contributed by atoms with E-state index in [0.29, 0.717) is 5.69 Å². The number of anilines is 1. The van der Waals surface area contributed by atoms with E-state index in [1.807, 2.05) is 35.0 Å². The smallest absolute Gasteiger partial charge is 0.319 e. The average molecular weight is 280 g/mol. The number of hydrogen-bond donors (Lipinski definition) is 2. The van der Waals surface area contributed by atoms with Crippen LogP contribution in [0.5, 0.6) is 0 Å². The van der Waals surface area contributed by atoms with Crippen LogP contribution < -0.4 is 10.6 Å². The lowest BCUT2D eigenvalue weighted by atomic mass is 10.0. The molecular formula is C16H16N4O. The number of aryl methyl sites for hydroxylation is 1. The number of nitrogens with zero attached hydrogens (tertiary/aromatic N) is 2. The number of pyridine rings is 1. The third-order valence-electron chi connectivity index (χ3n) is 3.42. The second-order valence-corrected chi connectivity index (χ2v) is 4.82. The zero-order valence-corrected chi connectivity index (χ0v) is 11.9. The van der Waals surface area contributed by atoms with Gasteiger partial charge in [0, 0.05) is 31.2 Å². The van der Waals surface area contributed by atoms with Crippen LogP contribution in [-0.2, 0) is 0 Å². The minimum absolute atomic E-state index is 0.262. The molecule has 2 heterocycles. The Morgan fingerprint density at radius 2 is 2.10 bits per heavy atom. The van der Waals surface area contributed by atoms with Gasteiger partial charge in [0.25, 0.3) is 0 Å². The predicted octanol–water partition coefficient (Wildman–Crippen LogP) is 3.06. The van der Waals surface area contributed by atoms with E-state index in [4.69, 9.17) is 0 Å². The molecule has 2 amide bonds. The fourth-order valence-electron chi connectivity index (χ4n) is 2.35. The molecule has 3 aromatic rings. The number of amides is 2. The van der Waals surface area contributed by atoms with Gasteiger partial charge in [0.05, 0.1) is 5.69 Å². The number of carbonyl (C=O) groups is 1. The molecule has 2 aromatic heterocycles. The number of carbonyl (C=O) groups excluding carboxylic acids is 1. The van der Waals surface area contributed by atoms with Gasteiger partial charge >= 0.3 is 6.03 Å². The van der Waals surface area contributed by atoms with E-state index < -0.39 is 0 Å². The molecule has 0 spiro atoms. The van der Waals surface area contributed by atoms with E-state index in [1.165, 1.54) is 5.56 Å². The van der Waals surface area contributed by atoms with Gasteiger partial charge in [0.2, 0.25) is 0 Å². The minimum atomic E-state index is -0.262. The maximum Gasteiger partial charge on any atom is 0.319 e. The second-order valence-electron chi connectivity index (χ2n) is 4.82. The summed E-state index contributed by atoms with van der Waals surface area (Å²) in [5, 5.41) is 5.37. The fraction of sp³-hybridized carbons (Fsp3) is 0.125. The normalized spacial score (nSPS) is 10.6. The quantitative estimate of drug-likeness (QED) is 0.758. The number of nitrogens with one attached hydrogen (secondary N) is 2. The lowest BCUT2D eigenvalue weighted by molar-refractivity contribution is 0.254. The maximum atomic E-state index is 11.6. The Bertz CT molecular complexity index is 807. The van der Waals surface area contributed by atoms with Crippen molar-refractivity contribution >= 4 is 17.4 Å². The van der Waals surface area contributed by atoms with Crippen LogP contribution in [0, 0.1) is 6.92 Å².